The minimum atomic E-state index is -0.515. The molecule has 1 atom stereocenters. The van der Waals surface area contributed by atoms with E-state index in [0.29, 0.717) is 6.54 Å². The zero-order valence-electron chi connectivity index (χ0n) is 4.64. The number of rotatable bonds is 3. The number of alkyl halides is 1. The van der Waals surface area contributed by atoms with Gasteiger partial charge in [-0.3, -0.25) is 0 Å². The van der Waals surface area contributed by atoms with Crippen molar-refractivity contribution >= 4 is 23.4 Å². The van der Waals surface area contributed by atoms with Gasteiger partial charge in [-0.15, -0.1) is 11.6 Å². The summed E-state index contributed by atoms with van der Waals surface area (Å²) in [7, 11) is 1.66. The lowest BCUT2D eigenvalue weighted by atomic mass is 10.4. The molecule has 0 heterocycles. The maximum Gasteiger partial charge on any atom is 0.0815 e. The lowest BCUT2D eigenvalue weighted by Gasteiger charge is -2.09. The molecule has 0 bridgehead atoms. The summed E-state index contributed by atoms with van der Waals surface area (Å²) < 4.78 is 1.37. The van der Waals surface area contributed by atoms with Crippen LogP contribution in [0.4, 0.5) is 0 Å². The number of likely N-dealkylation sites (N-methyl/N-ethyl adjacent to an activating group) is 1. The number of hydrogen-bond acceptors (Lipinski definition) is 2. The topological polar surface area (TPSA) is 23.5 Å². The largest absolute Gasteiger partial charge is 0.390 e. The summed E-state index contributed by atoms with van der Waals surface area (Å²) in [6.45, 7) is 0.408. The molecule has 0 aliphatic rings. The van der Waals surface area contributed by atoms with Gasteiger partial charge in [-0.1, -0.05) is 0 Å². The zero-order chi connectivity index (χ0) is 6.57. The fourth-order valence-electron chi connectivity index (χ4n) is 0.339. The molecule has 0 fully saturated rings. The Labute approximate surface area is 59.1 Å². The molecule has 0 radical (unpaired) electrons. The molecule has 2 nitrogen and oxygen atoms in total. The lowest BCUT2D eigenvalue weighted by molar-refractivity contribution is 0.176. The third-order valence-electron chi connectivity index (χ3n) is 0.640. The third-order valence-corrected chi connectivity index (χ3v) is 1.13. The maximum absolute atomic E-state index is 8.77. The summed E-state index contributed by atoms with van der Waals surface area (Å²) in [5, 5.41) is 8.77. The van der Waals surface area contributed by atoms with Crippen molar-refractivity contribution in [2.24, 2.45) is 0 Å². The first-order chi connectivity index (χ1) is 3.66. The monoisotopic (exact) mass is 157 g/mol. The minimum absolute atomic E-state index is 0.233. The molecule has 0 saturated carbocycles. The van der Waals surface area contributed by atoms with Crippen LogP contribution >= 0.6 is 23.4 Å². The van der Waals surface area contributed by atoms with E-state index in [2.05, 4.69) is 0 Å². The van der Waals surface area contributed by atoms with Crippen LogP contribution in [0.15, 0.2) is 0 Å². The Morgan fingerprint density at radius 3 is 2.38 bits per heavy atom. The first kappa shape index (κ1) is 8.50. The Bertz CT molecular complexity index is 60.0. The number of hydrogen-bond donors (Lipinski definition) is 1. The van der Waals surface area contributed by atoms with Crippen molar-refractivity contribution in [2.45, 2.75) is 6.10 Å². The molecule has 0 aromatic carbocycles. The number of halogens is 2. The molecular formula is C4H9Cl2NO. The van der Waals surface area contributed by atoms with Gasteiger partial charge in [0, 0.05) is 19.5 Å². The summed E-state index contributed by atoms with van der Waals surface area (Å²) in [4.78, 5) is 0. The Kier molecular flexibility index (Phi) is 4.66. The van der Waals surface area contributed by atoms with Crippen molar-refractivity contribution in [1.82, 2.24) is 4.42 Å². The van der Waals surface area contributed by atoms with Crippen molar-refractivity contribution < 1.29 is 5.11 Å². The highest BCUT2D eigenvalue weighted by atomic mass is 35.5. The summed E-state index contributed by atoms with van der Waals surface area (Å²) >= 11 is 10.6. The number of aliphatic hydroxyl groups is 1. The Balaban J connectivity index is 3.10. The molecule has 0 aliphatic carbocycles. The fourth-order valence-corrected chi connectivity index (χ4v) is 0.596. The molecule has 4 heteroatoms. The molecule has 0 unspecified atom stereocenters. The van der Waals surface area contributed by atoms with Gasteiger partial charge >= 0.3 is 0 Å². The zero-order valence-corrected chi connectivity index (χ0v) is 6.15. The Morgan fingerprint density at radius 2 is 2.25 bits per heavy atom. The van der Waals surface area contributed by atoms with E-state index in [9.17, 15) is 0 Å². The van der Waals surface area contributed by atoms with Gasteiger partial charge in [0.2, 0.25) is 0 Å². The normalized spacial score (nSPS) is 14.6. The highest BCUT2D eigenvalue weighted by Gasteiger charge is 2.02. The van der Waals surface area contributed by atoms with Gasteiger partial charge in [0.15, 0.2) is 0 Å². The van der Waals surface area contributed by atoms with Crippen molar-refractivity contribution in [3.8, 4) is 0 Å². The molecule has 0 aromatic heterocycles. The molecule has 0 amide bonds. The van der Waals surface area contributed by atoms with Crippen LogP contribution in [-0.2, 0) is 0 Å². The first-order valence-electron chi connectivity index (χ1n) is 2.27. The van der Waals surface area contributed by atoms with Crippen LogP contribution < -0.4 is 0 Å². The summed E-state index contributed by atoms with van der Waals surface area (Å²) in [6.07, 6.45) is -0.515. The second-order valence-electron chi connectivity index (χ2n) is 1.60. The van der Waals surface area contributed by atoms with E-state index >= 15 is 0 Å². The van der Waals surface area contributed by atoms with Crippen molar-refractivity contribution in [1.29, 1.82) is 0 Å². The maximum atomic E-state index is 8.77. The predicted molar refractivity (Wildman–Crippen MR) is 35.2 cm³/mol. The van der Waals surface area contributed by atoms with Gasteiger partial charge < -0.3 is 5.11 Å². The van der Waals surface area contributed by atoms with E-state index in [1.807, 2.05) is 0 Å². The van der Waals surface area contributed by atoms with E-state index in [0.717, 1.165) is 0 Å². The summed E-state index contributed by atoms with van der Waals surface area (Å²) in [6, 6.07) is 0. The van der Waals surface area contributed by atoms with Crippen LogP contribution in [0.1, 0.15) is 0 Å². The van der Waals surface area contributed by atoms with E-state index in [1.54, 1.807) is 7.05 Å². The molecule has 0 aromatic rings. The first-order valence-corrected chi connectivity index (χ1v) is 3.15. The van der Waals surface area contributed by atoms with Gasteiger partial charge in [0.05, 0.1) is 6.10 Å². The highest BCUT2D eigenvalue weighted by Crippen LogP contribution is 1.93. The second-order valence-corrected chi connectivity index (χ2v) is 2.48. The molecule has 50 valence electrons. The standard InChI is InChI=1S/C4H9Cl2NO/c1-7(6)3-4(8)2-5/h4,8H,2-3H2,1H3/t4-/m1/s1. The van der Waals surface area contributed by atoms with Crippen LogP contribution in [0.3, 0.4) is 0 Å². The molecule has 0 spiro atoms. The van der Waals surface area contributed by atoms with Crippen LogP contribution in [0.2, 0.25) is 0 Å². The third kappa shape index (κ3) is 4.65. The van der Waals surface area contributed by atoms with Crippen molar-refractivity contribution in [3.05, 3.63) is 0 Å². The average molecular weight is 158 g/mol. The summed E-state index contributed by atoms with van der Waals surface area (Å²) in [5.41, 5.74) is 0. The summed E-state index contributed by atoms with van der Waals surface area (Å²) in [5.74, 6) is 0.233. The van der Waals surface area contributed by atoms with Gasteiger partial charge in [0.25, 0.3) is 0 Å². The molecule has 0 aliphatic heterocycles. The van der Waals surface area contributed by atoms with E-state index in [4.69, 9.17) is 28.5 Å². The number of nitrogens with zero attached hydrogens (tertiary/aromatic N) is 1. The van der Waals surface area contributed by atoms with Gasteiger partial charge in [0.1, 0.15) is 0 Å². The fraction of sp³-hybridized carbons (Fsp3) is 1.00. The Hall–Kier alpha value is 0.500. The average Bonchev–Trinajstić information content (AvgIpc) is 1.65. The van der Waals surface area contributed by atoms with Crippen LogP contribution in [0.25, 0.3) is 0 Å². The van der Waals surface area contributed by atoms with Crippen molar-refractivity contribution in [2.75, 3.05) is 19.5 Å². The molecule has 0 saturated heterocycles. The van der Waals surface area contributed by atoms with E-state index in [-0.39, 0.29) is 5.88 Å². The molecule has 8 heavy (non-hydrogen) atoms. The Morgan fingerprint density at radius 1 is 1.75 bits per heavy atom. The van der Waals surface area contributed by atoms with Crippen LogP contribution in [0.5, 0.6) is 0 Å². The molecule has 1 N–H and O–H groups in total. The highest BCUT2D eigenvalue weighted by molar-refractivity contribution is 6.18. The SMILES string of the molecule is CN(Cl)C[C@H](O)CCl. The van der Waals surface area contributed by atoms with Gasteiger partial charge in [-0.05, 0) is 11.8 Å². The minimum Gasteiger partial charge on any atom is -0.390 e. The molecule has 0 rings (SSSR count). The quantitative estimate of drug-likeness (QED) is 0.482. The molecular weight excluding hydrogens is 149 g/mol. The van der Waals surface area contributed by atoms with Crippen LogP contribution in [-0.4, -0.2) is 35.1 Å². The number of aliphatic hydroxyl groups excluding tert-OH is 1. The second kappa shape index (κ2) is 4.39. The predicted octanol–water partition coefficient (Wildman–Crippen LogP) is 0.672. The van der Waals surface area contributed by atoms with E-state index in [1.165, 1.54) is 4.42 Å². The van der Waals surface area contributed by atoms with Gasteiger partial charge in [-0.2, -0.15) is 0 Å². The smallest absolute Gasteiger partial charge is 0.0815 e. The van der Waals surface area contributed by atoms with Gasteiger partial charge in [-0.25, -0.2) is 4.42 Å². The lowest BCUT2D eigenvalue weighted by Crippen LogP contribution is -2.23. The van der Waals surface area contributed by atoms with Crippen LogP contribution in [0, 0.1) is 0 Å². The van der Waals surface area contributed by atoms with E-state index < -0.39 is 6.10 Å². The van der Waals surface area contributed by atoms with Crippen molar-refractivity contribution in [3.63, 3.8) is 0 Å².